The number of likely N-dealkylation sites (tertiary alicyclic amines) is 1. The fourth-order valence-corrected chi connectivity index (χ4v) is 2.25. The van der Waals surface area contributed by atoms with Crippen LogP contribution in [-0.2, 0) is 14.3 Å². The third-order valence-electron chi connectivity index (χ3n) is 3.69. The van der Waals surface area contributed by atoms with Gasteiger partial charge in [0.25, 0.3) is 0 Å². The molecule has 0 aromatic rings. The fourth-order valence-electron chi connectivity index (χ4n) is 2.25. The summed E-state index contributed by atoms with van der Waals surface area (Å²) < 4.78 is 39.9. The largest absolute Gasteiger partial charge is 0.481 e. The molecule has 5 nitrogen and oxygen atoms in total. The number of piperidine rings is 1. The van der Waals surface area contributed by atoms with Gasteiger partial charge in [0.15, 0.2) is 0 Å². The minimum Gasteiger partial charge on any atom is -0.481 e. The zero-order valence-corrected chi connectivity index (χ0v) is 11.2. The predicted octanol–water partition coefficient (Wildman–Crippen LogP) is 1.67. The first-order valence-corrected chi connectivity index (χ1v) is 6.36. The first kappa shape index (κ1) is 16.7. The number of ether oxygens (including phenoxy) is 1. The van der Waals surface area contributed by atoms with Crippen molar-refractivity contribution >= 4 is 11.9 Å². The van der Waals surface area contributed by atoms with E-state index in [0.717, 1.165) is 0 Å². The topological polar surface area (TPSA) is 66.8 Å². The van der Waals surface area contributed by atoms with Gasteiger partial charge in [-0.3, -0.25) is 9.59 Å². The van der Waals surface area contributed by atoms with Crippen molar-refractivity contribution in [2.24, 2.45) is 5.41 Å². The Hall–Kier alpha value is -1.31. The van der Waals surface area contributed by atoms with E-state index in [2.05, 4.69) is 4.74 Å². The third kappa shape index (κ3) is 4.36. The van der Waals surface area contributed by atoms with E-state index in [-0.39, 0.29) is 13.1 Å². The van der Waals surface area contributed by atoms with Gasteiger partial charge in [-0.25, -0.2) is 0 Å². The molecule has 1 aliphatic rings. The lowest BCUT2D eigenvalue weighted by Gasteiger charge is -2.38. The lowest BCUT2D eigenvalue weighted by molar-refractivity contribution is -0.178. The maximum absolute atomic E-state index is 11.9. The van der Waals surface area contributed by atoms with Crippen molar-refractivity contribution in [3.63, 3.8) is 0 Å². The lowest BCUT2D eigenvalue weighted by Crippen LogP contribution is -2.47. The van der Waals surface area contributed by atoms with E-state index >= 15 is 0 Å². The number of alkyl halides is 3. The maximum atomic E-state index is 11.9. The predicted molar refractivity (Wildman–Crippen MR) is 63.0 cm³/mol. The van der Waals surface area contributed by atoms with Gasteiger partial charge in [0.1, 0.15) is 13.2 Å². The molecule has 0 aliphatic carbocycles. The van der Waals surface area contributed by atoms with Crippen LogP contribution in [0.4, 0.5) is 13.2 Å². The Labute approximate surface area is 114 Å². The second-order valence-electron chi connectivity index (χ2n) is 4.93. The van der Waals surface area contributed by atoms with Gasteiger partial charge in [0, 0.05) is 13.1 Å². The molecule has 1 heterocycles. The van der Waals surface area contributed by atoms with Crippen molar-refractivity contribution in [2.45, 2.75) is 32.4 Å². The summed E-state index contributed by atoms with van der Waals surface area (Å²) in [7, 11) is 0. The van der Waals surface area contributed by atoms with E-state index in [1.807, 2.05) is 0 Å². The van der Waals surface area contributed by atoms with Gasteiger partial charge in [0.2, 0.25) is 5.91 Å². The van der Waals surface area contributed by atoms with Gasteiger partial charge in [-0.2, -0.15) is 13.2 Å². The minimum atomic E-state index is -4.46. The van der Waals surface area contributed by atoms with E-state index in [9.17, 15) is 27.9 Å². The Kier molecular flexibility index (Phi) is 5.38. The van der Waals surface area contributed by atoms with Crippen LogP contribution in [-0.4, -0.2) is 54.4 Å². The second kappa shape index (κ2) is 6.43. The zero-order valence-electron chi connectivity index (χ0n) is 11.2. The molecule has 116 valence electrons. The maximum Gasteiger partial charge on any atom is 0.411 e. The summed E-state index contributed by atoms with van der Waals surface area (Å²) in [4.78, 5) is 24.2. The first-order chi connectivity index (χ1) is 9.20. The SMILES string of the molecule is CCC1(C(=O)O)CCN(C(=O)COCC(F)(F)F)CC1. The number of carbonyl (C=O) groups excluding carboxylic acids is 1. The summed E-state index contributed by atoms with van der Waals surface area (Å²) in [5.74, 6) is -1.43. The minimum absolute atomic E-state index is 0.231. The van der Waals surface area contributed by atoms with Crippen molar-refractivity contribution in [1.29, 1.82) is 0 Å². The quantitative estimate of drug-likeness (QED) is 0.838. The molecule has 1 aliphatic heterocycles. The fraction of sp³-hybridized carbons (Fsp3) is 0.833. The summed E-state index contributed by atoms with van der Waals surface area (Å²) in [6.45, 7) is 0.146. The molecule has 1 fully saturated rings. The molecule has 20 heavy (non-hydrogen) atoms. The van der Waals surface area contributed by atoms with Crippen LogP contribution in [0.25, 0.3) is 0 Å². The van der Waals surface area contributed by atoms with Crippen molar-refractivity contribution < 1.29 is 32.6 Å². The molecule has 1 saturated heterocycles. The molecular weight excluding hydrogens is 279 g/mol. The molecule has 0 unspecified atom stereocenters. The van der Waals surface area contributed by atoms with E-state index in [0.29, 0.717) is 19.3 Å². The number of rotatable bonds is 5. The summed E-state index contributed by atoms with van der Waals surface area (Å²) >= 11 is 0. The van der Waals surface area contributed by atoms with Gasteiger partial charge >= 0.3 is 12.1 Å². The highest BCUT2D eigenvalue weighted by molar-refractivity contribution is 5.79. The lowest BCUT2D eigenvalue weighted by atomic mass is 9.76. The highest BCUT2D eigenvalue weighted by atomic mass is 19.4. The number of carboxylic acid groups (broad SMARTS) is 1. The van der Waals surface area contributed by atoms with Crippen LogP contribution in [0.3, 0.4) is 0 Å². The molecule has 0 atom stereocenters. The molecule has 1 amide bonds. The summed E-state index contributed by atoms with van der Waals surface area (Å²) in [5.41, 5.74) is -0.830. The number of halogens is 3. The summed E-state index contributed by atoms with van der Waals surface area (Å²) in [6, 6.07) is 0. The Balaban J connectivity index is 2.41. The number of amides is 1. The highest BCUT2D eigenvalue weighted by Crippen LogP contribution is 2.35. The molecule has 0 spiro atoms. The number of hydrogen-bond acceptors (Lipinski definition) is 3. The van der Waals surface area contributed by atoms with E-state index in [1.54, 1.807) is 6.92 Å². The Bertz CT molecular complexity index is 362. The molecule has 0 radical (unpaired) electrons. The van der Waals surface area contributed by atoms with Crippen molar-refractivity contribution in [3.8, 4) is 0 Å². The number of aliphatic carboxylic acids is 1. The van der Waals surface area contributed by atoms with Crippen molar-refractivity contribution in [3.05, 3.63) is 0 Å². The smallest absolute Gasteiger partial charge is 0.411 e. The third-order valence-corrected chi connectivity index (χ3v) is 3.69. The second-order valence-corrected chi connectivity index (χ2v) is 4.93. The molecular formula is C12H18F3NO4. The molecule has 1 rings (SSSR count). The standard InChI is InChI=1S/C12H18F3NO4/c1-2-11(10(18)19)3-5-16(6-4-11)9(17)7-20-8-12(13,14)15/h2-8H2,1H3,(H,18,19). The van der Waals surface area contributed by atoms with Crippen molar-refractivity contribution in [2.75, 3.05) is 26.3 Å². The summed E-state index contributed by atoms with van der Waals surface area (Å²) in [6.07, 6.45) is -3.37. The van der Waals surface area contributed by atoms with Crippen LogP contribution in [0.15, 0.2) is 0 Å². The van der Waals surface area contributed by atoms with Crippen molar-refractivity contribution in [1.82, 2.24) is 4.90 Å². The number of carboxylic acids is 1. The number of carbonyl (C=O) groups is 2. The number of hydrogen-bond donors (Lipinski definition) is 1. The van der Waals surface area contributed by atoms with Gasteiger partial charge in [-0.1, -0.05) is 6.92 Å². The van der Waals surface area contributed by atoms with Gasteiger partial charge in [0.05, 0.1) is 5.41 Å². The van der Waals surface area contributed by atoms with E-state index in [4.69, 9.17) is 0 Å². The number of nitrogens with zero attached hydrogens (tertiary/aromatic N) is 1. The average molecular weight is 297 g/mol. The van der Waals surface area contributed by atoms with Crippen LogP contribution < -0.4 is 0 Å². The molecule has 0 bridgehead atoms. The molecule has 0 aromatic heterocycles. The Morgan fingerprint density at radius 2 is 1.85 bits per heavy atom. The van der Waals surface area contributed by atoms with Gasteiger partial charge in [-0.05, 0) is 19.3 Å². The summed E-state index contributed by atoms with van der Waals surface area (Å²) in [5, 5.41) is 9.19. The van der Waals surface area contributed by atoms with Gasteiger partial charge < -0.3 is 14.7 Å². The van der Waals surface area contributed by atoms with E-state index in [1.165, 1.54) is 4.90 Å². The van der Waals surface area contributed by atoms with Crippen LogP contribution >= 0.6 is 0 Å². The molecule has 0 saturated carbocycles. The van der Waals surface area contributed by atoms with Crippen LogP contribution in [0, 0.1) is 5.41 Å². The molecule has 1 N–H and O–H groups in total. The Morgan fingerprint density at radius 3 is 2.25 bits per heavy atom. The zero-order chi connectivity index (χ0) is 15.4. The van der Waals surface area contributed by atoms with Crippen LogP contribution in [0.2, 0.25) is 0 Å². The van der Waals surface area contributed by atoms with E-state index < -0.39 is 36.7 Å². The molecule has 0 aromatic carbocycles. The van der Waals surface area contributed by atoms with Gasteiger partial charge in [-0.15, -0.1) is 0 Å². The monoisotopic (exact) mass is 297 g/mol. The first-order valence-electron chi connectivity index (χ1n) is 6.36. The highest BCUT2D eigenvalue weighted by Gasteiger charge is 2.40. The van der Waals surface area contributed by atoms with Crippen LogP contribution in [0.1, 0.15) is 26.2 Å². The van der Waals surface area contributed by atoms with Crippen LogP contribution in [0.5, 0.6) is 0 Å². The Morgan fingerprint density at radius 1 is 1.30 bits per heavy atom. The molecule has 8 heteroatoms. The normalized spacial score (nSPS) is 18.9. The average Bonchev–Trinajstić information content (AvgIpc) is 2.37.